The molecule has 11 atom stereocenters. The molecule has 18 heteroatoms. The molecule has 2 bridgehead atoms. The van der Waals surface area contributed by atoms with E-state index in [1.54, 1.807) is 100 Å². The highest BCUT2D eigenvalue weighted by atomic mass is 127. The van der Waals surface area contributed by atoms with Crippen molar-refractivity contribution < 1.29 is 66.4 Å². The molecule has 4 aliphatic rings. The Morgan fingerprint density at radius 1 is 0.844 bits per heavy atom. The number of amides is 1. The number of hydrogen-bond donors (Lipinski definition) is 2. The number of ether oxygens (including phenoxy) is 5. The number of nitrogens with one attached hydrogen (secondary N) is 1. The third-order valence-electron chi connectivity index (χ3n) is 18.0. The molecular weight excluding hydrogens is 1130 g/mol. The Morgan fingerprint density at radius 3 is 1.97 bits per heavy atom. The summed E-state index contributed by atoms with van der Waals surface area (Å²) in [6.45, 7) is 25.2. The van der Waals surface area contributed by atoms with E-state index in [0.29, 0.717) is 34.8 Å². The minimum Gasteiger partial charge on any atom is -0.456 e. The van der Waals surface area contributed by atoms with Gasteiger partial charge in [0.25, 0.3) is 5.91 Å². The monoisotopic (exact) mass is 1210 g/mol. The van der Waals surface area contributed by atoms with E-state index in [9.17, 15) is 19.5 Å². The van der Waals surface area contributed by atoms with Crippen LogP contribution in [-0.4, -0.2) is 112 Å². The fraction of sp³-hybridized carbons (Fsp3) is 0.559. The molecule has 3 fully saturated rings. The molecule has 1 aliphatic heterocycles. The Bertz CT molecular complexity index is 2750. The van der Waals surface area contributed by atoms with Crippen LogP contribution >= 0.6 is 22.6 Å². The molecule has 1 saturated heterocycles. The summed E-state index contributed by atoms with van der Waals surface area (Å²) in [6, 6.07) is 25.3. The highest BCUT2D eigenvalue weighted by Gasteiger charge is 2.79. The first-order valence-electron chi connectivity index (χ1n) is 26.9. The average Bonchev–Trinajstić information content (AvgIpc) is 3.36. The van der Waals surface area contributed by atoms with Gasteiger partial charge < -0.3 is 43.0 Å². The van der Waals surface area contributed by atoms with Gasteiger partial charge in [-0.1, -0.05) is 110 Å². The Labute approximate surface area is 469 Å². The molecule has 2 saturated carbocycles. The highest BCUT2D eigenvalue weighted by Crippen LogP contribution is 2.65. The number of halogens is 1. The lowest BCUT2D eigenvalue weighted by atomic mass is 9.44. The molecule has 3 aromatic carbocycles. The van der Waals surface area contributed by atoms with Crippen molar-refractivity contribution in [2.24, 2.45) is 16.7 Å². The summed E-state index contributed by atoms with van der Waals surface area (Å²) in [6.07, 6.45) is -8.59. The zero-order valence-electron chi connectivity index (χ0n) is 47.1. The normalized spacial score (nSPS) is 28.7. The SMILES string of the molecule is CC[Si](CC)(CC)O[C@H]1C[C@H]2OC[C@@]2(OC(C)=O)[C@H]2[C@H](OC(=O)c3cccc(I)c3)[C@]3(O)C[C@H](OC(=O)[C@H](O[Si](C)(C)C(C)(C)C)[C@@H](NC(=O)c4ccccc4)c4ccccc4)C(C)=C([C@@H](OC(C)=O)C(=O)[C@]12C)C3(C)C. The number of esters is 4. The van der Waals surface area contributed by atoms with Gasteiger partial charge in [0.2, 0.25) is 0 Å². The van der Waals surface area contributed by atoms with E-state index in [0.717, 1.165) is 3.57 Å². The van der Waals surface area contributed by atoms with Gasteiger partial charge in [-0.15, -0.1) is 0 Å². The number of benzene rings is 3. The molecule has 0 radical (unpaired) electrons. The number of rotatable bonds is 17. The standard InChI is InChI=1S/C59H78INO14Si2/c1-15-77(16-2,17-3)74-43-32-44-58(34-69-44,73-37(6)63)49-51(72-53(66)40-29-24-30-41(60)31-40)59(68)33-42(35(4)45(56(59,10)11)47(70-36(5)62)50(64)57(43,49)12)71-54(67)48(75-76(13,14)55(7,8)9)46(38-25-20-18-21-26-38)61-52(65)39-27-22-19-23-28-39/h18-31,42-44,46-49,51,68H,15-17,32-34H2,1-14H3,(H,61,65)/t42-,43-,44+,46-,47+,48+,49-,51-,57+,58-,59+/m0/s1. The summed E-state index contributed by atoms with van der Waals surface area (Å²) in [5.74, 6) is -5.78. The van der Waals surface area contributed by atoms with E-state index in [1.807, 2.05) is 46.0 Å². The van der Waals surface area contributed by atoms with E-state index >= 15 is 14.4 Å². The van der Waals surface area contributed by atoms with Gasteiger partial charge in [0.15, 0.2) is 40.2 Å². The molecule has 3 aliphatic carbocycles. The summed E-state index contributed by atoms with van der Waals surface area (Å²) in [5.41, 5.74) is -6.02. The summed E-state index contributed by atoms with van der Waals surface area (Å²) in [5, 5.41) is 17.1. The van der Waals surface area contributed by atoms with E-state index in [2.05, 4.69) is 48.7 Å². The molecule has 0 unspecified atom stereocenters. The van der Waals surface area contributed by atoms with Crippen LogP contribution in [-0.2, 0) is 51.7 Å². The average molecular weight is 1210 g/mol. The third kappa shape index (κ3) is 11.1. The predicted octanol–water partition coefficient (Wildman–Crippen LogP) is 10.4. The molecule has 15 nitrogen and oxygen atoms in total. The van der Waals surface area contributed by atoms with Crippen LogP contribution in [0.3, 0.4) is 0 Å². The van der Waals surface area contributed by atoms with Crippen LogP contribution in [0.25, 0.3) is 0 Å². The number of Topliss-reactive ketones (excluding diaryl/α,β-unsaturated/α-hetero) is 1. The Hall–Kier alpha value is -4.58. The fourth-order valence-corrected chi connectivity index (χ4v) is 17.0. The van der Waals surface area contributed by atoms with Crippen molar-refractivity contribution in [3.63, 3.8) is 0 Å². The number of ketones is 1. The van der Waals surface area contributed by atoms with Gasteiger partial charge in [-0.05, 0) is 120 Å². The van der Waals surface area contributed by atoms with Crippen molar-refractivity contribution >= 4 is 74.8 Å². The second-order valence-corrected chi connectivity index (χ2v) is 34.4. The minimum atomic E-state index is -2.95. The lowest BCUT2D eigenvalue weighted by Gasteiger charge is -2.68. The van der Waals surface area contributed by atoms with Crippen molar-refractivity contribution in [1.82, 2.24) is 5.32 Å². The highest BCUT2D eigenvalue weighted by molar-refractivity contribution is 14.1. The summed E-state index contributed by atoms with van der Waals surface area (Å²) in [7, 11) is -5.60. The maximum atomic E-state index is 16.6. The van der Waals surface area contributed by atoms with Crippen LogP contribution in [0.15, 0.2) is 96.1 Å². The van der Waals surface area contributed by atoms with Crippen molar-refractivity contribution in [3.8, 4) is 0 Å². The molecule has 2 N–H and O–H groups in total. The Kier molecular flexibility index (Phi) is 17.6. The molecule has 1 amide bonds. The van der Waals surface area contributed by atoms with Gasteiger partial charge in [-0.25, -0.2) is 9.59 Å². The van der Waals surface area contributed by atoms with Gasteiger partial charge in [0, 0.05) is 41.2 Å². The van der Waals surface area contributed by atoms with Crippen LogP contribution < -0.4 is 5.32 Å². The van der Waals surface area contributed by atoms with Gasteiger partial charge >= 0.3 is 23.9 Å². The summed E-state index contributed by atoms with van der Waals surface area (Å²) < 4.78 is 47.9. The second kappa shape index (κ2) is 22.5. The van der Waals surface area contributed by atoms with Gasteiger partial charge in [0.1, 0.15) is 23.9 Å². The topological polar surface area (TPSA) is 199 Å². The number of fused-ring (bicyclic) bond motifs is 5. The summed E-state index contributed by atoms with van der Waals surface area (Å²) in [4.78, 5) is 88.9. The molecule has 0 spiro atoms. The van der Waals surface area contributed by atoms with Crippen LogP contribution in [0, 0.1) is 20.3 Å². The largest absolute Gasteiger partial charge is 0.456 e. The van der Waals surface area contributed by atoms with E-state index < -0.39 is 134 Å². The molecule has 1 heterocycles. The van der Waals surface area contributed by atoms with Crippen LogP contribution in [0.4, 0.5) is 0 Å². The molecular formula is C59H78INO14Si2. The quantitative estimate of drug-likeness (QED) is 0.0425. The van der Waals surface area contributed by atoms with Crippen molar-refractivity contribution in [2.45, 2.75) is 186 Å². The first-order chi connectivity index (χ1) is 36.0. The smallest absolute Gasteiger partial charge is 0.338 e. The minimum absolute atomic E-state index is 0.0875. The molecule has 77 heavy (non-hydrogen) atoms. The number of hydrogen-bond acceptors (Lipinski definition) is 14. The maximum absolute atomic E-state index is 16.6. The Balaban J connectivity index is 1.50. The number of carbonyl (C=O) groups excluding carboxylic acids is 6. The van der Waals surface area contributed by atoms with Crippen molar-refractivity contribution in [3.05, 3.63) is 116 Å². The van der Waals surface area contributed by atoms with Crippen molar-refractivity contribution in [2.75, 3.05) is 6.61 Å². The number of aliphatic hydroxyl groups is 1. The van der Waals surface area contributed by atoms with Gasteiger partial charge in [-0.3, -0.25) is 19.2 Å². The number of carbonyl (C=O) groups is 6. The lowest BCUT2D eigenvalue weighted by molar-refractivity contribution is -0.344. The van der Waals surface area contributed by atoms with E-state index in [1.165, 1.54) is 13.8 Å². The van der Waals surface area contributed by atoms with Crippen LogP contribution in [0.1, 0.15) is 128 Å². The van der Waals surface area contributed by atoms with Crippen LogP contribution in [0.5, 0.6) is 0 Å². The molecule has 3 aromatic rings. The van der Waals surface area contributed by atoms with E-state index in [-0.39, 0.29) is 24.2 Å². The first-order valence-corrected chi connectivity index (χ1v) is 33.4. The summed E-state index contributed by atoms with van der Waals surface area (Å²) >= 11 is 2.09. The molecule has 418 valence electrons. The van der Waals surface area contributed by atoms with Gasteiger partial charge in [-0.2, -0.15) is 0 Å². The van der Waals surface area contributed by atoms with E-state index in [4.69, 9.17) is 32.5 Å². The fourth-order valence-electron chi connectivity index (χ4n) is 12.3. The van der Waals surface area contributed by atoms with Gasteiger partial charge in [0.05, 0.1) is 35.6 Å². The first kappa shape index (κ1) is 60.1. The van der Waals surface area contributed by atoms with Crippen molar-refractivity contribution in [1.29, 1.82) is 0 Å². The Morgan fingerprint density at radius 2 is 1.44 bits per heavy atom. The third-order valence-corrected chi connectivity index (χ3v) is 27.8. The second-order valence-electron chi connectivity index (χ2n) is 23.7. The zero-order chi connectivity index (χ0) is 56.8. The lowest BCUT2D eigenvalue weighted by Crippen LogP contribution is -2.82. The van der Waals surface area contributed by atoms with Crippen LogP contribution in [0.2, 0.25) is 36.3 Å². The molecule has 0 aromatic heterocycles. The maximum Gasteiger partial charge on any atom is 0.338 e. The predicted molar refractivity (Wildman–Crippen MR) is 303 cm³/mol. The molecule has 7 rings (SSSR count). The zero-order valence-corrected chi connectivity index (χ0v) is 51.2.